The summed E-state index contributed by atoms with van der Waals surface area (Å²) in [6.07, 6.45) is 1.84. The lowest BCUT2D eigenvalue weighted by atomic mass is 10.0. The summed E-state index contributed by atoms with van der Waals surface area (Å²) in [5.74, 6) is 0.324. The van der Waals surface area contributed by atoms with Gasteiger partial charge in [-0.1, -0.05) is 18.2 Å². The molecule has 32 heavy (non-hydrogen) atoms. The fourth-order valence-electron chi connectivity index (χ4n) is 3.63. The van der Waals surface area contributed by atoms with Crippen molar-refractivity contribution >= 4 is 33.1 Å². The van der Waals surface area contributed by atoms with Crippen LogP contribution in [0.5, 0.6) is 11.5 Å². The molecule has 0 saturated heterocycles. The number of ether oxygens (including phenoxy) is 2. The number of rotatable bonds is 7. The molecule has 0 aliphatic heterocycles. The minimum Gasteiger partial charge on any atom is -0.493 e. The van der Waals surface area contributed by atoms with E-state index >= 15 is 0 Å². The highest BCUT2D eigenvalue weighted by Gasteiger charge is 2.21. The predicted molar refractivity (Wildman–Crippen MR) is 125 cm³/mol. The minimum absolute atomic E-state index is 0.168. The molecule has 2 aromatic heterocycles. The van der Waals surface area contributed by atoms with Crippen LogP contribution in [0.3, 0.4) is 0 Å². The van der Waals surface area contributed by atoms with Gasteiger partial charge in [0.2, 0.25) is 5.78 Å². The zero-order chi connectivity index (χ0) is 22.8. The number of carbonyl (C=O) groups excluding carboxylic acids is 2. The number of methoxy groups -OCH3 is 2. The highest BCUT2D eigenvalue weighted by atomic mass is 32.1. The van der Waals surface area contributed by atoms with E-state index in [1.165, 1.54) is 24.5 Å². The predicted octanol–water partition coefficient (Wildman–Crippen LogP) is 4.24. The van der Waals surface area contributed by atoms with E-state index in [1.807, 2.05) is 23.7 Å². The fraction of sp³-hybridized carbons (Fsp3) is 0.208. The molecule has 1 N–H and O–H groups in total. The van der Waals surface area contributed by atoms with Gasteiger partial charge < -0.3 is 14.8 Å². The maximum atomic E-state index is 13.0. The van der Waals surface area contributed by atoms with Crippen molar-refractivity contribution in [2.45, 2.75) is 6.92 Å². The van der Waals surface area contributed by atoms with Gasteiger partial charge in [0.1, 0.15) is 5.69 Å². The summed E-state index contributed by atoms with van der Waals surface area (Å²) < 4.78 is 13.2. The number of carbonyl (C=O) groups is 2. The molecule has 2 heterocycles. The first-order valence-electron chi connectivity index (χ1n) is 9.97. The summed E-state index contributed by atoms with van der Waals surface area (Å²) in [7, 11) is 4.81. The Hall–Kier alpha value is -3.65. The van der Waals surface area contributed by atoms with Gasteiger partial charge in [0.25, 0.3) is 5.91 Å². The number of aromatic nitrogens is 2. The Morgan fingerprint density at radius 1 is 1.09 bits per heavy atom. The standard InChI is InChI=1S/C24H23N3O4S/c1-14-6-5-7-16-18(13-32-23(14)16)17-12-27(2)26-22(17)19(28)11-25-24(29)15-8-9-20(30-3)21(10-15)31-4/h5-10,12-13H,11H2,1-4H3,(H,25,29). The van der Waals surface area contributed by atoms with Crippen LogP contribution in [-0.4, -0.2) is 42.2 Å². The number of ketones is 1. The quantitative estimate of drug-likeness (QED) is 0.427. The van der Waals surface area contributed by atoms with Crippen LogP contribution in [0.15, 0.2) is 48.0 Å². The third kappa shape index (κ3) is 3.97. The first-order chi connectivity index (χ1) is 15.4. The maximum absolute atomic E-state index is 13.0. The molecule has 0 unspecified atom stereocenters. The van der Waals surface area contributed by atoms with Crippen molar-refractivity contribution in [2.24, 2.45) is 7.05 Å². The number of fused-ring (bicyclic) bond motifs is 1. The molecule has 0 aliphatic carbocycles. The van der Waals surface area contributed by atoms with E-state index in [0.29, 0.717) is 22.8 Å². The van der Waals surface area contributed by atoms with E-state index in [2.05, 4.69) is 23.4 Å². The number of hydrogen-bond donors (Lipinski definition) is 1. The van der Waals surface area contributed by atoms with Crippen molar-refractivity contribution in [3.8, 4) is 22.6 Å². The van der Waals surface area contributed by atoms with Gasteiger partial charge in [-0.25, -0.2) is 0 Å². The number of nitrogens with zero attached hydrogens (tertiary/aromatic N) is 2. The Morgan fingerprint density at radius 3 is 2.62 bits per heavy atom. The summed E-state index contributed by atoms with van der Waals surface area (Å²) in [5.41, 5.74) is 3.63. The lowest BCUT2D eigenvalue weighted by Crippen LogP contribution is -2.30. The molecule has 0 spiro atoms. The van der Waals surface area contributed by atoms with E-state index < -0.39 is 0 Å². The van der Waals surface area contributed by atoms with Crippen LogP contribution in [0.2, 0.25) is 0 Å². The van der Waals surface area contributed by atoms with Gasteiger partial charge >= 0.3 is 0 Å². The normalized spacial score (nSPS) is 10.9. The van der Waals surface area contributed by atoms with Gasteiger partial charge in [-0.15, -0.1) is 11.3 Å². The summed E-state index contributed by atoms with van der Waals surface area (Å²) in [6.45, 7) is 1.90. The molecule has 0 fully saturated rings. The average molecular weight is 450 g/mol. The molecular weight excluding hydrogens is 426 g/mol. The van der Waals surface area contributed by atoms with Crippen LogP contribution in [0.1, 0.15) is 26.4 Å². The summed E-state index contributed by atoms with van der Waals surface area (Å²) in [6, 6.07) is 11.0. The van der Waals surface area contributed by atoms with Gasteiger partial charge in [-0.3, -0.25) is 14.3 Å². The molecule has 2 aromatic carbocycles. The molecule has 0 atom stereocenters. The van der Waals surface area contributed by atoms with Crippen molar-refractivity contribution in [2.75, 3.05) is 20.8 Å². The van der Waals surface area contributed by atoms with Crippen molar-refractivity contribution in [3.63, 3.8) is 0 Å². The van der Waals surface area contributed by atoms with E-state index in [9.17, 15) is 9.59 Å². The SMILES string of the molecule is COc1ccc(C(=O)NCC(=O)c2nn(C)cc2-c2csc3c(C)cccc23)cc1OC. The highest BCUT2D eigenvalue weighted by Crippen LogP contribution is 2.37. The van der Waals surface area contributed by atoms with Crippen LogP contribution < -0.4 is 14.8 Å². The van der Waals surface area contributed by atoms with Crippen molar-refractivity contribution in [1.82, 2.24) is 15.1 Å². The summed E-state index contributed by atoms with van der Waals surface area (Å²) in [4.78, 5) is 25.6. The van der Waals surface area contributed by atoms with E-state index in [-0.39, 0.29) is 18.2 Å². The molecule has 0 aliphatic rings. The first-order valence-corrected chi connectivity index (χ1v) is 10.8. The van der Waals surface area contributed by atoms with Gasteiger partial charge in [0, 0.05) is 40.0 Å². The number of amides is 1. The number of benzene rings is 2. The van der Waals surface area contributed by atoms with Crippen LogP contribution in [0.4, 0.5) is 0 Å². The number of thiophene rings is 1. The van der Waals surface area contributed by atoms with Crippen molar-refractivity contribution in [3.05, 3.63) is 64.8 Å². The van der Waals surface area contributed by atoms with Gasteiger partial charge in [-0.2, -0.15) is 5.10 Å². The number of hydrogen-bond acceptors (Lipinski definition) is 6. The Morgan fingerprint density at radius 2 is 1.88 bits per heavy atom. The Bertz CT molecular complexity index is 1320. The number of aryl methyl sites for hydroxylation is 2. The number of nitrogens with one attached hydrogen (secondary N) is 1. The van der Waals surface area contributed by atoms with Gasteiger partial charge in [0.15, 0.2) is 11.5 Å². The minimum atomic E-state index is -0.381. The fourth-order valence-corrected chi connectivity index (χ4v) is 4.67. The van der Waals surface area contributed by atoms with Gasteiger partial charge in [-0.05, 0) is 36.1 Å². The lowest BCUT2D eigenvalue weighted by molar-refractivity contribution is 0.0902. The number of Topliss-reactive ketones (excluding diaryl/α,β-unsaturated/α-hetero) is 1. The molecule has 4 aromatic rings. The second-order valence-electron chi connectivity index (χ2n) is 7.34. The zero-order valence-electron chi connectivity index (χ0n) is 18.3. The molecular formula is C24H23N3O4S. The van der Waals surface area contributed by atoms with Crippen molar-refractivity contribution < 1.29 is 19.1 Å². The molecule has 0 radical (unpaired) electrons. The van der Waals surface area contributed by atoms with E-state index in [0.717, 1.165) is 16.5 Å². The molecule has 0 saturated carbocycles. The third-order valence-electron chi connectivity index (χ3n) is 5.24. The van der Waals surface area contributed by atoms with Crippen LogP contribution in [0, 0.1) is 6.92 Å². The van der Waals surface area contributed by atoms with Crippen LogP contribution in [-0.2, 0) is 7.05 Å². The molecule has 8 heteroatoms. The average Bonchev–Trinajstić information content (AvgIpc) is 3.40. The highest BCUT2D eigenvalue weighted by molar-refractivity contribution is 7.18. The topological polar surface area (TPSA) is 82.5 Å². The Balaban J connectivity index is 1.56. The van der Waals surface area contributed by atoms with Crippen LogP contribution in [0.25, 0.3) is 21.2 Å². The molecule has 7 nitrogen and oxygen atoms in total. The second-order valence-corrected chi connectivity index (χ2v) is 8.22. The molecule has 1 amide bonds. The Labute approximate surface area is 189 Å². The smallest absolute Gasteiger partial charge is 0.251 e. The Kier molecular flexibility index (Phi) is 5.96. The second kappa shape index (κ2) is 8.84. The summed E-state index contributed by atoms with van der Waals surface area (Å²) in [5, 5.41) is 10.2. The zero-order valence-corrected chi connectivity index (χ0v) is 19.1. The molecule has 0 bridgehead atoms. The first kappa shape index (κ1) is 21.6. The van der Waals surface area contributed by atoms with E-state index in [4.69, 9.17) is 9.47 Å². The monoisotopic (exact) mass is 449 g/mol. The molecule has 164 valence electrons. The largest absolute Gasteiger partial charge is 0.493 e. The van der Waals surface area contributed by atoms with E-state index in [1.54, 1.807) is 41.3 Å². The van der Waals surface area contributed by atoms with Gasteiger partial charge in [0.05, 0.1) is 20.8 Å². The third-order valence-corrected chi connectivity index (χ3v) is 6.37. The summed E-state index contributed by atoms with van der Waals surface area (Å²) >= 11 is 1.65. The van der Waals surface area contributed by atoms with Crippen LogP contribution >= 0.6 is 11.3 Å². The lowest BCUT2D eigenvalue weighted by Gasteiger charge is -2.10. The maximum Gasteiger partial charge on any atom is 0.251 e. The van der Waals surface area contributed by atoms with Crippen molar-refractivity contribution in [1.29, 1.82) is 0 Å². The molecule has 4 rings (SSSR count).